The summed E-state index contributed by atoms with van der Waals surface area (Å²) in [6, 6.07) is 0. The van der Waals surface area contributed by atoms with Gasteiger partial charge in [0, 0.05) is 6.54 Å². The summed E-state index contributed by atoms with van der Waals surface area (Å²) in [7, 11) is 0. The fourth-order valence-electron chi connectivity index (χ4n) is 1.52. The first-order valence-corrected chi connectivity index (χ1v) is 7.00. The Bertz CT molecular complexity index is 272. The molecular weight excluding hydrogens is 242 g/mol. The summed E-state index contributed by atoms with van der Waals surface area (Å²) in [5.74, 6) is 0.433. The average Bonchev–Trinajstić information content (AvgIpc) is 2.34. The van der Waals surface area contributed by atoms with Crippen LogP contribution in [0.4, 0.5) is 0 Å². The third-order valence-corrected chi connectivity index (χ3v) is 3.59. The normalized spacial score (nSPS) is 20.3. The molecule has 1 fully saturated rings. The fourth-order valence-corrected chi connectivity index (χ4v) is 2.52. The van der Waals surface area contributed by atoms with Crippen LogP contribution in [0.2, 0.25) is 0 Å². The van der Waals surface area contributed by atoms with Crippen molar-refractivity contribution in [2.45, 2.75) is 25.9 Å². The van der Waals surface area contributed by atoms with Crippen molar-refractivity contribution in [1.29, 1.82) is 0 Å². The lowest BCUT2D eigenvalue weighted by molar-refractivity contribution is -0.158. The molecule has 1 N–H and O–H groups in total. The topological polar surface area (TPSA) is 66.8 Å². The lowest BCUT2D eigenvalue weighted by Gasteiger charge is -2.30. The first-order valence-electron chi connectivity index (χ1n) is 5.85. The van der Waals surface area contributed by atoms with Gasteiger partial charge in [0.2, 0.25) is 5.91 Å². The number of morpholine rings is 1. The number of carboxylic acids is 1. The molecule has 1 unspecified atom stereocenters. The number of ether oxygens (including phenoxy) is 1. The highest BCUT2D eigenvalue weighted by Gasteiger charge is 2.28. The van der Waals surface area contributed by atoms with E-state index >= 15 is 0 Å². The highest BCUT2D eigenvalue weighted by Crippen LogP contribution is 2.10. The number of amides is 1. The first-order chi connectivity index (χ1) is 8.15. The van der Waals surface area contributed by atoms with Gasteiger partial charge in [0.05, 0.1) is 18.9 Å². The van der Waals surface area contributed by atoms with E-state index in [0.29, 0.717) is 18.9 Å². The quantitative estimate of drug-likeness (QED) is 0.717. The summed E-state index contributed by atoms with van der Waals surface area (Å²) in [5, 5.41) is 8.82. The van der Waals surface area contributed by atoms with E-state index in [1.54, 1.807) is 16.7 Å². The Morgan fingerprint density at radius 2 is 2.29 bits per heavy atom. The van der Waals surface area contributed by atoms with E-state index in [2.05, 4.69) is 6.92 Å². The predicted molar refractivity (Wildman–Crippen MR) is 66.2 cm³/mol. The van der Waals surface area contributed by atoms with E-state index in [4.69, 9.17) is 9.84 Å². The van der Waals surface area contributed by atoms with Crippen molar-refractivity contribution < 1.29 is 19.4 Å². The molecule has 1 rings (SSSR count). The number of hydrogen-bond acceptors (Lipinski definition) is 4. The monoisotopic (exact) mass is 261 g/mol. The molecule has 1 amide bonds. The molecule has 98 valence electrons. The van der Waals surface area contributed by atoms with Crippen LogP contribution in [-0.2, 0) is 14.3 Å². The van der Waals surface area contributed by atoms with Gasteiger partial charge in [-0.2, -0.15) is 11.8 Å². The van der Waals surface area contributed by atoms with Crippen molar-refractivity contribution in [3.63, 3.8) is 0 Å². The van der Waals surface area contributed by atoms with Crippen LogP contribution in [0.25, 0.3) is 0 Å². The van der Waals surface area contributed by atoms with Crippen LogP contribution < -0.4 is 0 Å². The summed E-state index contributed by atoms with van der Waals surface area (Å²) < 4.78 is 5.06. The van der Waals surface area contributed by atoms with Crippen LogP contribution in [0.5, 0.6) is 0 Å². The molecule has 1 saturated heterocycles. The number of carbonyl (C=O) groups excluding carboxylic acids is 1. The number of hydrogen-bond donors (Lipinski definition) is 1. The maximum absolute atomic E-state index is 11.8. The Hall–Kier alpha value is -0.750. The van der Waals surface area contributed by atoms with Crippen LogP contribution in [-0.4, -0.2) is 59.2 Å². The SMILES string of the molecule is CCCCSCC(=O)N1CCOC(C(=O)O)C1. The maximum Gasteiger partial charge on any atom is 0.334 e. The first kappa shape index (κ1) is 14.3. The minimum atomic E-state index is -0.999. The summed E-state index contributed by atoms with van der Waals surface area (Å²) in [5.41, 5.74) is 0. The molecule has 0 bridgehead atoms. The second-order valence-electron chi connectivity index (χ2n) is 3.94. The zero-order valence-corrected chi connectivity index (χ0v) is 10.9. The number of aliphatic carboxylic acids is 1. The smallest absolute Gasteiger partial charge is 0.334 e. The van der Waals surface area contributed by atoms with Gasteiger partial charge in [0.15, 0.2) is 6.10 Å². The van der Waals surface area contributed by atoms with E-state index in [1.807, 2.05) is 0 Å². The van der Waals surface area contributed by atoms with Crippen molar-refractivity contribution in [2.75, 3.05) is 31.2 Å². The molecule has 1 aliphatic rings. The molecule has 0 aliphatic carbocycles. The van der Waals surface area contributed by atoms with Gasteiger partial charge < -0.3 is 14.7 Å². The molecule has 17 heavy (non-hydrogen) atoms. The van der Waals surface area contributed by atoms with Crippen LogP contribution in [0.3, 0.4) is 0 Å². The third kappa shape index (κ3) is 4.95. The number of carbonyl (C=O) groups is 2. The van der Waals surface area contributed by atoms with Crippen molar-refractivity contribution >= 4 is 23.6 Å². The molecule has 0 aromatic carbocycles. The van der Waals surface area contributed by atoms with Gasteiger partial charge in [0.1, 0.15) is 0 Å². The molecule has 1 aliphatic heterocycles. The molecule has 0 aromatic heterocycles. The Kier molecular flexibility index (Phi) is 6.36. The Balaban J connectivity index is 2.28. The van der Waals surface area contributed by atoms with Gasteiger partial charge >= 0.3 is 5.97 Å². The van der Waals surface area contributed by atoms with Crippen LogP contribution in [0.1, 0.15) is 19.8 Å². The van der Waals surface area contributed by atoms with Gasteiger partial charge in [-0.05, 0) is 12.2 Å². The lowest BCUT2D eigenvalue weighted by Crippen LogP contribution is -2.49. The molecule has 0 spiro atoms. The van der Waals surface area contributed by atoms with Crippen LogP contribution in [0.15, 0.2) is 0 Å². The molecule has 6 heteroatoms. The van der Waals surface area contributed by atoms with Crippen molar-refractivity contribution in [3.8, 4) is 0 Å². The fraction of sp³-hybridized carbons (Fsp3) is 0.818. The second kappa shape index (κ2) is 7.55. The minimum absolute atomic E-state index is 0.0145. The molecule has 0 aromatic rings. The number of nitrogens with zero attached hydrogens (tertiary/aromatic N) is 1. The summed E-state index contributed by atoms with van der Waals surface area (Å²) in [6.07, 6.45) is 1.37. The van der Waals surface area contributed by atoms with Crippen molar-refractivity contribution in [1.82, 2.24) is 4.90 Å². The van der Waals surface area contributed by atoms with Gasteiger partial charge in [-0.25, -0.2) is 4.79 Å². The van der Waals surface area contributed by atoms with Gasteiger partial charge in [-0.3, -0.25) is 4.79 Å². The number of thioether (sulfide) groups is 1. The molecule has 1 heterocycles. The molecule has 1 atom stereocenters. The lowest BCUT2D eigenvalue weighted by atomic mass is 10.3. The van der Waals surface area contributed by atoms with Crippen molar-refractivity contribution in [2.24, 2.45) is 0 Å². The van der Waals surface area contributed by atoms with Gasteiger partial charge in [0.25, 0.3) is 0 Å². The van der Waals surface area contributed by atoms with Crippen molar-refractivity contribution in [3.05, 3.63) is 0 Å². The largest absolute Gasteiger partial charge is 0.479 e. The van der Waals surface area contributed by atoms with Crippen LogP contribution >= 0.6 is 11.8 Å². The number of rotatable bonds is 6. The third-order valence-electron chi connectivity index (χ3n) is 2.56. The van der Waals surface area contributed by atoms with Crippen LogP contribution in [0, 0.1) is 0 Å². The Morgan fingerprint density at radius 3 is 2.94 bits per heavy atom. The van der Waals surface area contributed by atoms with E-state index < -0.39 is 12.1 Å². The standard InChI is InChI=1S/C11H19NO4S/c1-2-3-6-17-8-10(13)12-4-5-16-9(7-12)11(14)15/h9H,2-8H2,1H3,(H,14,15). The van der Waals surface area contributed by atoms with Gasteiger partial charge in [-0.15, -0.1) is 0 Å². The van der Waals surface area contributed by atoms with E-state index in [-0.39, 0.29) is 12.5 Å². The summed E-state index contributed by atoms with van der Waals surface area (Å²) in [6.45, 7) is 3.09. The predicted octanol–water partition coefficient (Wildman–Crippen LogP) is 0.832. The highest BCUT2D eigenvalue weighted by molar-refractivity contribution is 7.99. The Morgan fingerprint density at radius 1 is 1.53 bits per heavy atom. The zero-order valence-electron chi connectivity index (χ0n) is 10.1. The highest BCUT2D eigenvalue weighted by atomic mass is 32.2. The average molecular weight is 261 g/mol. The molecular formula is C11H19NO4S. The van der Waals surface area contributed by atoms with E-state index in [1.165, 1.54) is 0 Å². The Labute approximate surface area is 105 Å². The molecule has 5 nitrogen and oxygen atoms in total. The molecule has 0 radical (unpaired) electrons. The number of unbranched alkanes of at least 4 members (excludes halogenated alkanes) is 1. The van der Waals surface area contributed by atoms with Gasteiger partial charge in [-0.1, -0.05) is 13.3 Å². The number of carboxylic acid groups (broad SMARTS) is 1. The summed E-state index contributed by atoms with van der Waals surface area (Å²) >= 11 is 1.61. The van der Waals surface area contributed by atoms with E-state index in [0.717, 1.165) is 18.6 Å². The maximum atomic E-state index is 11.8. The molecule has 0 saturated carbocycles. The zero-order chi connectivity index (χ0) is 12.7. The van der Waals surface area contributed by atoms with E-state index in [9.17, 15) is 9.59 Å². The minimum Gasteiger partial charge on any atom is -0.479 e. The summed E-state index contributed by atoms with van der Waals surface area (Å²) in [4.78, 5) is 24.1. The second-order valence-corrected chi connectivity index (χ2v) is 5.05.